The average molecular weight is 511 g/mol. The van der Waals surface area contributed by atoms with Crippen molar-refractivity contribution in [1.29, 1.82) is 0 Å². The summed E-state index contributed by atoms with van der Waals surface area (Å²) < 4.78 is 30.9. The number of carbonyl (C=O) groups excluding carboxylic acids is 1. The van der Waals surface area contributed by atoms with Gasteiger partial charge < -0.3 is 29.3 Å². The molecule has 37 heavy (non-hydrogen) atoms. The van der Waals surface area contributed by atoms with Gasteiger partial charge in [0.1, 0.15) is 17.4 Å². The van der Waals surface area contributed by atoms with E-state index >= 15 is 0 Å². The Morgan fingerprint density at radius 3 is 2.62 bits per heavy atom. The Morgan fingerprint density at radius 1 is 1.11 bits per heavy atom. The third kappa shape index (κ3) is 6.00. The summed E-state index contributed by atoms with van der Waals surface area (Å²) in [6.07, 6.45) is 0.810. The lowest BCUT2D eigenvalue weighted by molar-refractivity contribution is 0.206. The van der Waals surface area contributed by atoms with Gasteiger partial charge in [-0.1, -0.05) is 0 Å². The highest BCUT2D eigenvalue weighted by molar-refractivity contribution is 5.88. The lowest BCUT2D eigenvalue weighted by Gasteiger charge is -2.39. The number of piperazine rings is 1. The number of rotatable bonds is 7. The van der Waals surface area contributed by atoms with Crippen LogP contribution in [0, 0.1) is 5.82 Å². The number of nitrogens with zero attached hydrogens (tertiary/aromatic N) is 5. The van der Waals surface area contributed by atoms with Gasteiger partial charge in [-0.05, 0) is 50.4 Å². The predicted molar refractivity (Wildman–Crippen MR) is 140 cm³/mol. The van der Waals surface area contributed by atoms with E-state index in [2.05, 4.69) is 39.1 Å². The van der Waals surface area contributed by atoms with Gasteiger partial charge in [-0.15, -0.1) is 0 Å². The van der Waals surface area contributed by atoms with Gasteiger partial charge in [0.05, 0.1) is 19.9 Å². The van der Waals surface area contributed by atoms with Crippen molar-refractivity contribution in [2.45, 2.75) is 13.0 Å². The Balaban J connectivity index is 1.45. The topological polar surface area (TPSA) is 92.3 Å². The Morgan fingerprint density at radius 2 is 1.92 bits per heavy atom. The van der Waals surface area contributed by atoms with E-state index in [9.17, 15) is 9.18 Å². The third-order valence-corrected chi connectivity index (χ3v) is 6.33. The number of methoxy groups -OCH3 is 2. The first kappa shape index (κ1) is 26.0. The number of benzene rings is 2. The molecular weight excluding hydrogens is 479 g/mol. The van der Waals surface area contributed by atoms with Crippen LogP contribution in [-0.4, -0.2) is 75.0 Å². The minimum Gasteiger partial charge on any atom is -0.497 e. The normalized spacial score (nSPS) is 15.7. The molecule has 10 nitrogen and oxygen atoms in total. The molecule has 1 aliphatic heterocycles. The molecule has 1 aromatic heterocycles. The highest BCUT2D eigenvalue weighted by Crippen LogP contribution is 2.32. The smallest absolute Gasteiger partial charge is 0.420 e. The first-order valence-corrected chi connectivity index (χ1v) is 11.8. The number of amides is 1. The molecule has 3 aromatic rings. The summed E-state index contributed by atoms with van der Waals surface area (Å²) in [6.45, 7) is 4.53. The quantitative estimate of drug-likeness (QED) is 0.503. The lowest BCUT2D eigenvalue weighted by atomic mass is 10.1. The molecule has 1 fully saturated rings. The van der Waals surface area contributed by atoms with E-state index in [0.717, 1.165) is 19.6 Å². The summed E-state index contributed by atoms with van der Waals surface area (Å²) in [7, 11) is 6.59. The Kier molecular flexibility index (Phi) is 7.92. The third-order valence-electron chi connectivity index (χ3n) is 6.33. The summed E-state index contributed by atoms with van der Waals surface area (Å²) in [5, 5.41) is 3.00. The molecule has 2 heterocycles. The number of nitrogens with one attached hydrogen (secondary N) is 1. The number of hydrogen-bond donors (Lipinski definition) is 1. The summed E-state index contributed by atoms with van der Waals surface area (Å²) >= 11 is 0. The number of carbonyl (C=O) groups is 1. The maximum Gasteiger partial charge on any atom is 0.420 e. The second-order valence-electron chi connectivity index (χ2n) is 8.75. The molecule has 0 saturated carbocycles. The van der Waals surface area contributed by atoms with E-state index in [1.807, 2.05) is 0 Å². The van der Waals surface area contributed by atoms with Crippen molar-refractivity contribution in [3.05, 3.63) is 54.5 Å². The Labute approximate surface area is 215 Å². The molecule has 0 aliphatic carbocycles. The van der Waals surface area contributed by atoms with Gasteiger partial charge >= 0.3 is 6.09 Å². The molecule has 2 aromatic carbocycles. The van der Waals surface area contributed by atoms with Crippen molar-refractivity contribution < 1.29 is 23.4 Å². The molecular formula is C26H31FN6O4. The van der Waals surface area contributed by atoms with Crippen molar-refractivity contribution in [2.24, 2.45) is 0 Å². The fourth-order valence-electron chi connectivity index (χ4n) is 3.95. The second-order valence-corrected chi connectivity index (χ2v) is 8.75. The largest absolute Gasteiger partial charge is 0.497 e. The van der Waals surface area contributed by atoms with Crippen LogP contribution in [0.15, 0.2) is 48.7 Å². The maximum atomic E-state index is 15.0. The van der Waals surface area contributed by atoms with E-state index in [1.54, 1.807) is 36.4 Å². The zero-order valence-electron chi connectivity index (χ0n) is 21.6. The molecule has 0 radical (unpaired) electrons. The summed E-state index contributed by atoms with van der Waals surface area (Å²) in [5.74, 6) is 1.26. The Bertz CT molecular complexity index is 1260. The number of halogens is 1. The van der Waals surface area contributed by atoms with Gasteiger partial charge in [0.2, 0.25) is 5.95 Å². The van der Waals surface area contributed by atoms with Crippen LogP contribution < -0.4 is 29.3 Å². The minimum absolute atomic E-state index is 0.205. The second kappa shape index (κ2) is 11.3. The van der Waals surface area contributed by atoms with E-state index in [0.29, 0.717) is 28.9 Å². The fraction of sp³-hybridized carbons (Fsp3) is 0.346. The molecule has 1 unspecified atom stereocenters. The van der Waals surface area contributed by atoms with Crippen molar-refractivity contribution in [3.8, 4) is 17.2 Å². The number of anilines is 4. The van der Waals surface area contributed by atoms with E-state index in [4.69, 9.17) is 14.2 Å². The van der Waals surface area contributed by atoms with Gasteiger partial charge in [0.15, 0.2) is 11.5 Å². The highest BCUT2D eigenvalue weighted by atomic mass is 19.1. The SMILES string of the molecule is COc1ccc(OC)c(OC(=O)N(C)c2ccnc(Nc3ccc(N4CCN(C)C(C)C4)c(F)c3)n2)c1. The zero-order valence-corrected chi connectivity index (χ0v) is 21.6. The molecule has 1 amide bonds. The van der Waals surface area contributed by atoms with Gasteiger partial charge in [0, 0.05) is 50.7 Å². The maximum absolute atomic E-state index is 15.0. The summed E-state index contributed by atoms with van der Waals surface area (Å²) in [4.78, 5) is 26.9. The number of hydrogen-bond acceptors (Lipinski definition) is 9. The van der Waals surface area contributed by atoms with Crippen LogP contribution in [0.3, 0.4) is 0 Å². The monoisotopic (exact) mass is 510 g/mol. The van der Waals surface area contributed by atoms with Crippen LogP contribution in [-0.2, 0) is 0 Å². The minimum atomic E-state index is -0.687. The van der Waals surface area contributed by atoms with E-state index < -0.39 is 6.09 Å². The van der Waals surface area contributed by atoms with Crippen LogP contribution in [0.1, 0.15) is 6.92 Å². The standard InChI is InChI=1S/C26H31FN6O4/c1-17-16-33(13-12-31(17)2)21-8-6-18(14-20(21)27)29-25-28-11-10-24(30-25)32(3)26(34)37-23-15-19(35-4)7-9-22(23)36-5/h6-11,14-15,17H,12-13,16H2,1-5H3,(H,28,29,30). The van der Waals surface area contributed by atoms with Crippen LogP contribution in [0.4, 0.5) is 32.3 Å². The van der Waals surface area contributed by atoms with Gasteiger partial charge in [0.25, 0.3) is 0 Å². The van der Waals surface area contributed by atoms with Gasteiger partial charge in [-0.3, -0.25) is 4.90 Å². The highest BCUT2D eigenvalue weighted by Gasteiger charge is 2.23. The van der Waals surface area contributed by atoms with Crippen molar-refractivity contribution in [3.63, 3.8) is 0 Å². The molecule has 11 heteroatoms. The Hall–Kier alpha value is -4.12. The van der Waals surface area contributed by atoms with Gasteiger partial charge in [-0.25, -0.2) is 14.2 Å². The van der Waals surface area contributed by atoms with Gasteiger partial charge in [-0.2, -0.15) is 4.98 Å². The molecule has 196 valence electrons. The van der Waals surface area contributed by atoms with Crippen LogP contribution >= 0.6 is 0 Å². The first-order valence-electron chi connectivity index (χ1n) is 11.8. The molecule has 4 rings (SSSR count). The lowest BCUT2D eigenvalue weighted by Crippen LogP contribution is -2.50. The van der Waals surface area contributed by atoms with Crippen LogP contribution in [0.25, 0.3) is 0 Å². The number of ether oxygens (including phenoxy) is 3. The number of aromatic nitrogens is 2. The molecule has 1 saturated heterocycles. The first-order chi connectivity index (χ1) is 17.8. The fourth-order valence-corrected chi connectivity index (χ4v) is 3.95. The predicted octanol–water partition coefficient (Wildman–Crippen LogP) is 4.15. The van der Waals surface area contributed by atoms with Crippen LogP contribution in [0.2, 0.25) is 0 Å². The molecule has 1 aliphatic rings. The van der Waals surface area contributed by atoms with E-state index in [-0.39, 0.29) is 23.3 Å². The summed E-state index contributed by atoms with van der Waals surface area (Å²) in [6, 6.07) is 11.8. The summed E-state index contributed by atoms with van der Waals surface area (Å²) in [5.41, 5.74) is 1.06. The van der Waals surface area contributed by atoms with E-state index in [1.165, 1.54) is 38.4 Å². The average Bonchev–Trinajstić information content (AvgIpc) is 2.90. The molecule has 1 N–H and O–H groups in total. The molecule has 1 atom stereocenters. The zero-order chi connectivity index (χ0) is 26.5. The van der Waals surface area contributed by atoms with Crippen molar-refractivity contribution in [2.75, 3.05) is 63.1 Å². The van der Waals surface area contributed by atoms with Crippen molar-refractivity contribution >= 4 is 29.2 Å². The number of likely N-dealkylation sites (N-methyl/N-ethyl adjacent to an activating group) is 1. The van der Waals surface area contributed by atoms with Crippen LogP contribution in [0.5, 0.6) is 17.2 Å². The molecule has 0 bridgehead atoms. The molecule has 0 spiro atoms. The van der Waals surface area contributed by atoms with Crippen molar-refractivity contribution in [1.82, 2.24) is 14.9 Å².